The van der Waals surface area contributed by atoms with Crippen LogP contribution < -0.4 is 0 Å². The smallest absolute Gasteiger partial charge is 0.154 e. The Bertz CT molecular complexity index is 38.8. The third kappa shape index (κ3) is 0.698. The molecule has 1 aliphatic heterocycles. The summed E-state index contributed by atoms with van der Waals surface area (Å²) in [5, 5.41) is 8.51. The van der Waals surface area contributed by atoms with Crippen LogP contribution in [-0.4, -0.2) is 18.0 Å². The number of hydrogen-bond acceptors (Lipinski definition) is 2. The van der Waals surface area contributed by atoms with Crippen molar-refractivity contribution in [1.29, 1.82) is 0 Å². The van der Waals surface area contributed by atoms with Gasteiger partial charge in [0.25, 0.3) is 0 Å². The van der Waals surface area contributed by atoms with Crippen molar-refractivity contribution >= 4 is 0 Å². The topological polar surface area (TPSA) is 29.5 Å². The van der Waals surface area contributed by atoms with Gasteiger partial charge in [-0.3, -0.25) is 0 Å². The Morgan fingerprint density at radius 1 is 1.67 bits per heavy atom. The van der Waals surface area contributed by atoms with Gasteiger partial charge in [-0.1, -0.05) is 0 Å². The van der Waals surface area contributed by atoms with Crippen molar-refractivity contribution in [1.82, 2.24) is 0 Å². The van der Waals surface area contributed by atoms with Gasteiger partial charge in [0.15, 0.2) is 6.29 Å². The predicted octanol–water partition coefficient (Wildman–Crippen LogP) is 0.115. The molecule has 1 unspecified atom stereocenters. The van der Waals surface area contributed by atoms with E-state index in [4.69, 9.17) is 9.84 Å². The van der Waals surface area contributed by atoms with E-state index in [1.165, 1.54) is 0 Å². The average Bonchev–Trinajstić information content (AvgIpc) is 1.86. The Balaban J connectivity index is 2.18. The van der Waals surface area contributed by atoms with Crippen LogP contribution in [0, 0.1) is 0 Å². The summed E-state index contributed by atoms with van der Waals surface area (Å²) >= 11 is 0. The lowest BCUT2D eigenvalue weighted by atomic mass is 10.4. The fourth-order valence-corrected chi connectivity index (χ4v) is 0.561. The van der Waals surface area contributed by atoms with Gasteiger partial charge < -0.3 is 9.84 Å². The number of aliphatic hydroxyl groups is 1. The highest BCUT2D eigenvalue weighted by Crippen LogP contribution is 2.06. The zero-order chi connectivity index (χ0) is 4.41. The van der Waals surface area contributed by atoms with E-state index < -0.39 is 6.29 Å². The summed E-state index contributed by atoms with van der Waals surface area (Å²) in [6, 6.07) is 0. The molecule has 6 heavy (non-hydrogen) atoms. The van der Waals surface area contributed by atoms with Gasteiger partial charge in [-0.05, 0) is 6.42 Å². The zero-order valence-electron chi connectivity index (χ0n) is 3.55. The van der Waals surface area contributed by atoms with Gasteiger partial charge in [0, 0.05) is 13.0 Å². The first-order valence-electron chi connectivity index (χ1n) is 2.19. The molecule has 1 fully saturated rings. The largest absolute Gasteiger partial charge is 0.368 e. The molecule has 0 radical (unpaired) electrons. The number of rotatable bonds is 0. The molecule has 1 aliphatic rings. The minimum absolute atomic E-state index is 0.454. The molecular weight excluding hydrogens is 80.0 g/mol. The molecule has 1 saturated heterocycles. The maximum Gasteiger partial charge on any atom is 0.154 e. The summed E-state index contributed by atoms with van der Waals surface area (Å²) in [6.07, 6.45) is 1.38. The van der Waals surface area contributed by atoms with Crippen LogP contribution in [-0.2, 0) is 4.74 Å². The van der Waals surface area contributed by atoms with Gasteiger partial charge in [0.2, 0.25) is 0 Å². The minimum atomic E-state index is -0.454. The number of aliphatic hydroxyl groups excluding tert-OH is 1. The third-order valence-corrected chi connectivity index (χ3v) is 0.906. The van der Waals surface area contributed by atoms with Crippen molar-refractivity contribution < 1.29 is 9.84 Å². The molecule has 1 atom stereocenters. The molecule has 0 saturated carbocycles. The molecule has 2 nitrogen and oxygen atoms in total. The van der Waals surface area contributed by atoms with Crippen LogP contribution >= 0.6 is 0 Å². The Labute approximate surface area is 36.7 Å². The average molecular weight is 88.1 g/mol. The first-order chi connectivity index (χ1) is 2.89. The molecule has 0 aromatic rings. The van der Waals surface area contributed by atoms with Gasteiger partial charge in [-0.15, -0.1) is 0 Å². The van der Waals surface area contributed by atoms with Crippen molar-refractivity contribution in [3.63, 3.8) is 0 Å². The van der Waals surface area contributed by atoms with E-state index in [1.807, 2.05) is 0 Å². The van der Waals surface area contributed by atoms with Crippen LogP contribution in [0.25, 0.3) is 0 Å². The van der Waals surface area contributed by atoms with E-state index in [0.717, 1.165) is 19.4 Å². The molecule has 1 rings (SSSR count). The molecular formula is C4H8O2. The highest BCUT2D eigenvalue weighted by atomic mass is 16.6. The van der Waals surface area contributed by atoms with Crippen molar-refractivity contribution in [3.05, 3.63) is 0 Å². The van der Waals surface area contributed by atoms with Gasteiger partial charge in [0.05, 0.1) is 0 Å². The molecule has 1 heterocycles. The minimum Gasteiger partial charge on any atom is -0.368 e. The molecule has 0 aliphatic carbocycles. The molecule has 2 heteroatoms. The highest BCUT2D eigenvalue weighted by Gasteiger charge is 2.09. The van der Waals surface area contributed by atoms with E-state index in [-0.39, 0.29) is 0 Å². The highest BCUT2D eigenvalue weighted by molar-refractivity contribution is 4.49. The molecule has 0 bridgehead atoms. The zero-order valence-corrected chi connectivity index (χ0v) is 3.55. The Morgan fingerprint density at radius 3 is 2.67 bits per heavy atom. The molecule has 0 amide bonds. The molecule has 0 aromatic heterocycles. The molecule has 0 spiro atoms. The van der Waals surface area contributed by atoms with Gasteiger partial charge in [-0.25, -0.2) is 0 Å². The van der Waals surface area contributed by atoms with Crippen molar-refractivity contribution in [2.75, 3.05) is 6.61 Å². The van der Waals surface area contributed by atoms with Crippen molar-refractivity contribution in [2.45, 2.75) is 19.1 Å². The lowest BCUT2D eigenvalue weighted by molar-refractivity contribution is -0.0589. The van der Waals surface area contributed by atoms with E-state index in [0.29, 0.717) is 0 Å². The first kappa shape index (κ1) is 4.09. The summed E-state index contributed by atoms with van der Waals surface area (Å²) in [5.41, 5.74) is 0. The lowest BCUT2D eigenvalue weighted by Gasteiger charge is -1.93. The second-order valence-corrected chi connectivity index (χ2v) is 1.47. The molecule has 36 valence electrons. The van der Waals surface area contributed by atoms with Crippen LogP contribution in [0.4, 0.5) is 0 Å². The summed E-state index contributed by atoms with van der Waals surface area (Å²) in [5.74, 6) is 0. The number of ether oxygens (including phenoxy) is 1. The van der Waals surface area contributed by atoms with Crippen molar-refractivity contribution in [3.8, 4) is 0 Å². The van der Waals surface area contributed by atoms with Crippen LogP contribution in [0.5, 0.6) is 0 Å². The standard InChI is InChI=1S/C4H8O2/c5-4-2-1-3-6-4/h4-5H,1-3H2. The first-order valence-corrected chi connectivity index (χ1v) is 2.19. The van der Waals surface area contributed by atoms with E-state index >= 15 is 0 Å². The Hall–Kier alpha value is -0.0800. The van der Waals surface area contributed by atoms with Crippen LogP contribution in [0.1, 0.15) is 12.8 Å². The lowest BCUT2D eigenvalue weighted by Crippen LogP contribution is -1.99. The van der Waals surface area contributed by atoms with Crippen molar-refractivity contribution in [2.24, 2.45) is 0 Å². The van der Waals surface area contributed by atoms with Crippen LogP contribution in [0.15, 0.2) is 0 Å². The molecule has 1 N–H and O–H groups in total. The summed E-state index contributed by atoms with van der Waals surface area (Å²) in [6.45, 7) is 0.737. The van der Waals surface area contributed by atoms with E-state index in [9.17, 15) is 0 Å². The summed E-state index contributed by atoms with van der Waals surface area (Å²) in [7, 11) is 0. The number of hydrogen-bond donors (Lipinski definition) is 1. The fraction of sp³-hybridized carbons (Fsp3) is 1.00. The second-order valence-electron chi connectivity index (χ2n) is 1.47. The summed E-state index contributed by atoms with van der Waals surface area (Å²) < 4.78 is 4.71. The fourth-order valence-electron chi connectivity index (χ4n) is 0.561. The van der Waals surface area contributed by atoms with Gasteiger partial charge in [-0.2, -0.15) is 0 Å². The maximum absolute atomic E-state index is 8.51. The molecule has 0 aromatic carbocycles. The van der Waals surface area contributed by atoms with Gasteiger partial charge >= 0.3 is 0 Å². The monoisotopic (exact) mass is 88.1 g/mol. The predicted molar refractivity (Wildman–Crippen MR) is 21.2 cm³/mol. The Morgan fingerprint density at radius 2 is 2.50 bits per heavy atom. The Kier molecular flexibility index (Phi) is 1.08. The summed E-state index contributed by atoms with van der Waals surface area (Å²) in [4.78, 5) is 0. The SMILES string of the molecule is OC1CCCO1. The van der Waals surface area contributed by atoms with Gasteiger partial charge in [0.1, 0.15) is 0 Å². The quantitative estimate of drug-likeness (QED) is 0.455. The normalized spacial score (nSPS) is 34.5. The maximum atomic E-state index is 8.51. The van der Waals surface area contributed by atoms with Crippen LogP contribution in [0.3, 0.4) is 0 Å². The van der Waals surface area contributed by atoms with E-state index in [2.05, 4.69) is 0 Å². The second kappa shape index (κ2) is 1.58. The van der Waals surface area contributed by atoms with Crippen LogP contribution in [0.2, 0.25) is 0 Å². The van der Waals surface area contributed by atoms with E-state index in [1.54, 1.807) is 0 Å². The third-order valence-electron chi connectivity index (χ3n) is 0.906.